The van der Waals surface area contributed by atoms with Gasteiger partial charge in [0.1, 0.15) is 22.3 Å². The number of rotatable bonds is 6. The van der Waals surface area contributed by atoms with E-state index in [1.165, 1.54) is 0 Å². The Labute approximate surface area is 323 Å². The van der Waals surface area contributed by atoms with Crippen molar-refractivity contribution in [3.63, 3.8) is 0 Å². The summed E-state index contributed by atoms with van der Waals surface area (Å²) in [5.41, 5.74) is 8.86. The quantitative estimate of drug-likeness (QED) is 0.172. The molecule has 3 heteroatoms. The lowest BCUT2D eigenvalue weighted by atomic mass is 9.98. The Morgan fingerprint density at radius 2 is 1.00 bits per heavy atom. The molecule has 0 spiro atoms. The molecule has 0 unspecified atom stereocenters. The average Bonchev–Trinajstić information content (AvgIpc) is 3.86. The van der Waals surface area contributed by atoms with Crippen LogP contribution in [0.4, 0.5) is 17.1 Å². The molecule has 9 aromatic carbocycles. The van der Waals surface area contributed by atoms with E-state index >= 15 is 0 Å². The van der Waals surface area contributed by atoms with Gasteiger partial charge in [-0.3, -0.25) is 0 Å². The number of fused-ring (bicyclic) bond motifs is 8. The minimum absolute atomic E-state index is 0.135. The van der Waals surface area contributed by atoms with Crippen LogP contribution < -0.4 is 4.90 Å². The summed E-state index contributed by atoms with van der Waals surface area (Å²) in [7, 11) is 0. The predicted octanol–water partition coefficient (Wildman–Crippen LogP) is 15.1. The van der Waals surface area contributed by atoms with Crippen molar-refractivity contribution in [1.29, 1.82) is 0 Å². The number of benzene rings is 9. The van der Waals surface area contributed by atoms with Gasteiger partial charge in [-0.1, -0.05) is 146 Å². The second kappa shape index (κ2) is 12.6. The van der Waals surface area contributed by atoms with Gasteiger partial charge in [0.05, 0.1) is 11.2 Å². The van der Waals surface area contributed by atoms with E-state index in [1.54, 1.807) is 0 Å². The van der Waals surface area contributed by atoms with Crippen molar-refractivity contribution < 1.29 is 14.3 Å². The second-order valence-electron chi connectivity index (χ2n) is 13.7. The first-order valence-corrected chi connectivity index (χ1v) is 18.3. The molecule has 258 valence electrons. The molecule has 11 aromatic rings. The van der Waals surface area contributed by atoms with E-state index in [0.717, 1.165) is 71.3 Å². The molecule has 3 nitrogen and oxygen atoms in total. The van der Waals surface area contributed by atoms with Crippen molar-refractivity contribution in [2.75, 3.05) is 4.90 Å². The Morgan fingerprint density at radius 3 is 1.87 bits per heavy atom. The maximum Gasteiger partial charge on any atom is 0.143 e. The summed E-state index contributed by atoms with van der Waals surface area (Å²) in [5, 5.41) is 6.02. The molecule has 2 aromatic heterocycles. The summed E-state index contributed by atoms with van der Waals surface area (Å²) in [6.45, 7) is 0. The highest BCUT2D eigenvalue weighted by molar-refractivity contribution is 6.17. The molecular weight excluding hydrogens is 671 g/mol. The van der Waals surface area contributed by atoms with Crippen molar-refractivity contribution in [3.05, 3.63) is 200 Å². The Balaban J connectivity index is 1.13. The van der Waals surface area contributed by atoms with Gasteiger partial charge in [0, 0.05) is 49.4 Å². The molecule has 11 rings (SSSR count). The Hall–Kier alpha value is -7.36. The summed E-state index contributed by atoms with van der Waals surface area (Å²) in [6, 6.07) is 57.3. The monoisotopic (exact) mass is 707 g/mol. The summed E-state index contributed by atoms with van der Waals surface area (Å²) in [4.78, 5) is 1.86. The fourth-order valence-corrected chi connectivity index (χ4v) is 7.90. The lowest BCUT2D eigenvalue weighted by molar-refractivity contribution is 0.669. The van der Waals surface area contributed by atoms with Crippen LogP contribution in [-0.2, 0) is 0 Å². The van der Waals surface area contributed by atoms with Crippen molar-refractivity contribution >= 4 is 71.7 Å². The minimum Gasteiger partial charge on any atom is -0.456 e. The van der Waals surface area contributed by atoms with Gasteiger partial charge < -0.3 is 13.7 Å². The molecule has 0 fully saturated rings. The Bertz CT molecular complexity index is 3410. The molecular formula is C52H33NO2. The molecule has 2 heterocycles. The van der Waals surface area contributed by atoms with Crippen molar-refractivity contribution in [3.8, 4) is 33.4 Å². The Morgan fingerprint density at radius 1 is 0.364 bits per heavy atom. The van der Waals surface area contributed by atoms with E-state index in [4.69, 9.17) is 8.83 Å². The molecule has 0 aliphatic carbocycles. The normalized spacial score (nSPS) is 12.7. The van der Waals surface area contributed by atoms with Crippen LogP contribution in [0.25, 0.3) is 88.0 Å². The van der Waals surface area contributed by atoms with E-state index in [-0.39, 0.29) is 35.4 Å². The standard InChI is InChI=1S/C52H33NO2/c1-2-11-34(12-3-1)35-21-27-39(28-22-35)53(40-29-23-36(24-30-40)38-26-31-44-43-16-7-9-20-49(43)54-50(44)33-38)48-19-8-6-15-42(48)45-17-10-18-46-47-32-25-37-13-4-5-14-41(37)51(47)55-52(45)46/h1-33H/i23D,24D,29D,30D. The van der Waals surface area contributed by atoms with Gasteiger partial charge >= 0.3 is 0 Å². The van der Waals surface area contributed by atoms with Crippen LogP contribution in [0.3, 0.4) is 0 Å². The third-order valence-corrected chi connectivity index (χ3v) is 10.6. The first kappa shape index (κ1) is 27.3. The Kier molecular flexibility index (Phi) is 6.27. The first-order valence-electron chi connectivity index (χ1n) is 20.3. The van der Waals surface area contributed by atoms with Gasteiger partial charge in [-0.2, -0.15) is 0 Å². The summed E-state index contributed by atoms with van der Waals surface area (Å²) in [5.74, 6) is 0. The summed E-state index contributed by atoms with van der Waals surface area (Å²) >= 11 is 0. The van der Waals surface area contributed by atoms with Gasteiger partial charge in [0.2, 0.25) is 0 Å². The topological polar surface area (TPSA) is 29.5 Å². The van der Waals surface area contributed by atoms with Gasteiger partial charge in [-0.15, -0.1) is 0 Å². The summed E-state index contributed by atoms with van der Waals surface area (Å²) < 4.78 is 51.3. The van der Waals surface area contributed by atoms with Crippen LogP contribution in [0, 0.1) is 0 Å². The molecule has 0 N–H and O–H groups in total. The largest absolute Gasteiger partial charge is 0.456 e. The minimum atomic E-state index is -0.166. The lowest BCUT2D eigenvalue weighted by Gasteiger charge is -2.28. The number of para-hydroxylation sites is 3. The zero-order chi connectivity index (χ0) is 39.8. The fraction of sp³-hybridized carbons (Fsp3) is 0. The molecule has 0 saturated heterocycles. The number of hydrogen-bond acceptors (Lipinski definition) is 3. The predicted molar refractivity (Wildman–Crippen MR) is 229 cm³/mol. The molecule has 55 heavy (non-hydrogen) atoms. The SMILES string of the molecule is [2H]c1c([2H])c(N(c2ccc(-c3ccccc3)cc2)c2ccccc2-c2cccc3c2oc2c4ccccc4ccc32)c([2H])c([2H])c1-c1ccc2c(c1)oc1ccccc12. The number of furan rings is 2. The zero-order valence-corrected chi connectivity index (χ0v) is 29.5. The molecule has 0 bridgehead atoms. The highest BCUT2D eigenvalue weighted by Crippen LogP contribution is 2.45. The maximum absolute atomic E-state index is 9.66. The smallest absolute Gasteiger partial charge is 0.143 e. The number of anilines is 3. The van der Waals surface area contributed by atoms with Gasteiger partial charge in [-0.25, -0.2) is 0 Å². The van der Waals surface area contributed by atoms with Crippen molar-refractivity contribution in [1.82, 2.24) is 0 Å². The first-order chi connectivity index (χ1) is 28.9. The second-order valence-corrected chi connectivity index (χ2v) is 13.7. The van der Waals surface area contributed by atoms with E-state index in [9.17, 15) is 5.48 Å². The molecule has 0 amide bonds. The van der Waals surface area contributed by atoms with E-state index in [0.29, 0.717) is 22.5 Å². The molecule has 0 aliphatic heterocycles. The fourth-order valence-electron chi connectivity index (χ4n) is 7.90. The van der Waals surface area contributed by atoms with Crippen LogP contribution in [0.5, 0.6) is 0 Å². The van der Waals surface area contributed by atoms with Crippen LogP contribution in [-0.4, -0.2) is 0 Å². The average molecular weight is 708 g/mol. The molecule has 0 aliphatic rings. The summed E-state index contributed by atoms with van der Waals surface area (Å²) in [6.07, 6.45) is 0. The van der Waals surface area contributed by atoms with Crippen molar-refractivity contribution in [2.45, 2.75) is 0 Å². The van der Waals surface area contributed by atoms with Gasteiger partial charge in [0.15, 0.2) is 0 Å². The van der Waals surface area contributed by atoms with Crippen LogP contribution in [0.15, 0.2) is 209 Å². The number of hydrogen-bond donors (Lipinski definition) is 0. The maximum atomic E-state index is 9.66. The van der Waals surface area contributed by atoms with Crippen LogP contribution in [0.1, 0.15) is 5.48 Å². The third kappa shape index (κ3) is 5.20. The van der Waals surface area contributed by atoms with Crippen molar-refractivity contribution in [2.24, 2.45) is 0 Å². The highest BCUT2D eigenvalue weighted by Gasteiger charge is 2.21. The zero-order valence-electron chi connectivity index (χ0n) is 33.5. The highest BCUT2D eigenvalue weighted by atomic mass is 16.3. The third-order valence-electron chi connectivity index (χ3n) is 10.6. The van der Waals surface area contributed by atoms with Crippen LogP contribution in [0.2, 0.25) is 0 Å². The molecule has 0 atom stereocenters. The van der Waals surface area contributed by atoms with Gasteiger partial charge in [-0.05, 0) is 82.2 Å². The van der Waals surface area contributed by atoms with E-state index in [2.05, 4.69) is 42.5 Å². The van der Waals surface area contributed by atoms with Gasteiger partial charge in [0.25, 0.3) is 0 Å². The molecule has 0 radical (unpaired) electrons. The number of nitrogens with zero attached hydrogens (tertiary/aromatic N) is 1. The van der Waals surface area contributed by atoms with Crippen LogP contribution >= 0.6 is 0 Å². The molecule has 0 saturated carbocycles. The lowest BCUT2D eigenvalue weighted by Crippen LogP contribution is -2.11. The van der Waals surface area contributed by atoms with E-state index in [1.807, 2.05) is 138 Å². The van der Waals surface area contributed by atoms with E-state index < -0.39 is 0 Å².